The predicted octanol–water partition coefficient (Wildman–Crippen LogP) is 11.7. The van der Waals surface area contributed by atoms with E-state index in [9.17, 15) is 0 Å². The molecule has 1 nitrogen and oxygen atoms in total. The van der Waals surface area contributed by atoms with E-state index in [-0.39, 0.29) is 5.92 Å². The molecule has 0 saturated heterocycles. The highest BCUT2D eigenvalue weighted by molar-refractivity contribution is 6.23. The zero-order valence-corrected chi connectivity index (χ0v) is 29.5. The summed E-state index contributed by atoms with van der Waals surface area (Å²) >= 11 is 0. The summed E-state index contributed by atoms with van der Waals surface area (Å²) in [6, 6.07) is 60.1. The van der Waals surface area contributed by atoms with Crippen LogP contribution >= 0.6 is 0 Å². The van der Waals surface area contributed by atoms with E-state index in [1.165, 1.54) is 61.4 Å². The SMILES string of the molecule is [B]C1=CC=C2c3ccccc3N(c3ccc(-c4ccccc4)cc3)C3(C)C=C4C(=CC23C1C)c1ccccc1C4(c1ccccc1)c1ccccc1. The minimum Gasteiger partial charge on any atom is -0.330 e. The van der Waals surface area contributed by atoms with E-state index in [1.54, 1.807) is 0 Å². The number of nitrogens with zero attached hydrogens (tertiary/aromatic N) is 1. The fraction of sp³-hybridized carbons (Fsp3) is 0.120. The lowest BCUT2D eigenvalue weighted by atomic mass is 9.47. The highest BCUT2D eigenvalue weighted by Crippen LogP contribution is 2.70. The van der Waals surface area contributed by atoms with Crippen molar-refractivity contribution >= 4 is 30.4 Å². The quantitative estimate of drug-likeness (QED) is 0.170. The second-order valence-electron chi connectivity index (χ2n) is 14.9. The number of benzene rings is 6. The van der Waals surface area contributed by atoms with Gasteiger partial charge in [0.05, 0.1) is 11.0 Å². The third-order valence-corrected chi connectivity index (χ3v) is 12.6. The van der Waals surface area contributed by atoms with Gasteiger partial charge in [-0.15, -0.1) is 5.47 Å². The number of hydrogen-bond donors (Lipinski definition) is 0. The van der Waals surface area contributed by atoms with Gasteiger partial charge in [0.25, 0.3) is 0 Å². The second-order valence-corrected chi connectivity index (χ2v) is 14.9. The molecule has 0 bridgehead atoms. The van der Waals surface area contributed by atoms with Gasteiger partial charge in [0, 0.05) is 22.4 Å². The van der Waals surface area contributed by atoms with Crippen molar-refractivity contribution in [3.63, 3.8) is 0 Å². The van der Waals surface area contributed by atoms with Crippen LogP contribution in [-0.2, 0) is 5.41 Å². The van der Waals surface area contributed by atoms with Crippen LogP contribution in [0.15, 0.2) is 199 Å². The molecule has 3 aliphatic carbocycles. The number of para-hydroxylation sites is 1. The molecule has 1 heterocycles. The average Bonchev–Trinajstić information content (AvgIpc) is 3.47. The van der Waals surface area contributed by atoms with Crippen LogP contribution in [0.1, 0.15) is 41.7 Å². The minimum atomic E-state index is -0.560. The highest BCUT2D eigenvalue weighted by Gasteiger charge is 2.63. The van der Waals surface area contributed by atoms with Crippen molar-refractivity contribution in [1.82, 2.24) is 0 Å². The first kappa shape index (κ1) is 30.9. The van der Waals surface area contributed by atoms with E-state index in [0.717, 1.165) is 11.2 Å². The van der Waals surface area contributed by atoms with Crippen LogP contribution in [0.5, 0.6) is 0 Å². The van der Waals surface area contributed by atoms with Crippen molar-refractivity contribution in [3.8, 4) is 11.1 Å². The molecule has 3 atom stereocenters. The van der Waals surface area contributed by atoms with Crippen molar-refractivity contribution < 1.29 is 0 Å². The van der Waals surface area contributed by atoms with Crippen LogP contribution in [0.3, 0.4) is 0 Å². The molecule has 0 N–H and O–H groups in total. The fourth-order valence-corrected chi connectivity index (χ4v) is 10.2. The molecule has 10 rings (SSSR count). The topological polar surface area (TPSA) is 3.24 Å². The Labute approximate surface area is 308 Å². The van der Waals surface area contributed by atoms with Crippen molar-refractivity contribution in [2.45, 2.75) is 24.8 Å². The van der Waals surface area contributed by atoms with Crippen molar-refractivity contribution in [3.05, 3.63) is 227 Å². The summed E-state index contributed by atoms with van der Waals surface area (Å²) in [7, 11) is 7.05. The molecule has 246 valence electrons. The normalized spacial score (nSPS) is 23.4. The van der Waals surface area contributed by atoms with Gasteiger partial charge in [-0.1, -0.05) is 177 Å². The Hall–Kier alpha value is -5.86. The monoisotopic (exact) mass is 663 g/mol. The molecule has 1 aliphatic heterocycles. The van der Waals surface area contributed by atoms with Crippen molar-refractivity contribution in [1.29, 1.82) is 0 Å². The molecule has 0 saturated carbocycles. The third kappa shape index (κ3) is 3.95. The van der Waals surface area contributed by atoms with Crippen LogP contribution in [0, 0.1) is 11.3 Å². The van der Waals surface area contributed by atoms with Crippen molar-refractivity contribution in [2.24, 2.45) is 11.3 Å². The van der Waals surface area contributed by atoms with Gasteiger partial charge < -0.3 is 4.90 Å². The first-order valence-corrected chi connectivity index (χ1v) is 18.4. The molecular formula is C50H38BN. The predicted molar refractivity (Wildman–Crippen MR) is 218 cm³/mol. The van der Waals surface area contributed by atoms with Crippen LogP contribution in [0.2, 0.25) is 0 Å². The maximum atomic E-state index is 7.05. The number of fused-ring (bicyclic) bond motifs is 5. The molecule has 6 aromatic carbocycles. The maximum Gasteiger partial charge on any atom is 0.108 e. The summed E-state index contributed by atoms with van der Waals surface area (Å²) in [5, 5.41) is 0. The summed E-state index contributed by atoms with van der Waals surface area (Å²) in [6.45, 7) is 4.79. The zero-order valence-electron chi connectivity index (χ0n) is 29.5. The summed E-state index contributed by atoms with van der Waals surface area (Å²) in [4.78, 5) is 2.62. The Morgan fingerprint density at radius 2 is 1.10 bits per heavy atom. The molecule has 0 fully saturated rings. The van der Waals surface area contributed by atoms with Crippen molar-refractivity contribution in [2.75, 3.05) is 4.90 Å². The standard InChI is InChI=1S/C50H38BN/c1-34-46(51)31-30-43-41-23-13-15-25-47(41)52(39-28-26-36(27-29-39)35-16-6-3-7-17-35)48(2)33-45-42(32-49(34,43)48)40-22-12-14-24-44(40)50(45,37-18-8-4-9-19-37)38-20-10-5-11-21-38/h3-34H,1-2H3. The number of anilines is 2. The van der Waals surface area contributed by atoms with E-state index in [0.29, 0.717) is 0 Å². The van der Waals surface area contributed by atoms with Gasteiger partial charge >= 0.3 is 0 Å². The van der Waals surface area contributed by atoms with Crippen LogP contribution in [0.25, 0.3) is 22.3 Å². The van der Waals surface area contributed by atoms with Gasteiger partial charge in [0.2, 0.25) is 0 Å². The van der Waals surface area contributed by atoms with Crippen LogP contribution in [0.4, 0.5) is 11.4 Å². The lowest BCUT2D eigenvalue weighted by molar-refractivity contribution is 0.249. The first-order chi connectivity index (χ1) is 25.5. The summed E-state index contributed by atoms with van der Waals surface area (Å²) in [5.41, 5.74) is 14.5. The molecule has 1 spiro atoms. The van der Waals surface area contributed by atoms with E-state index in [4.69, 9.17) is 7.85 Å². The Morgan fingerprint density at radius 3 is 1.77 bits per heavy atom. The Morgan fingerprint density at radius 1 is 0.538 bits per heavy atom. The molecule has 3 unspecified atom stereocenters. The molecule has 0 amide bonds. The van der Waals surface area contributed by atoms with E-state index >= 15 is 0 Å². The molecule has 4 aliphatic rings. The Balaban J connectivity index is 1.32. The van der Waals surface area contributed by atoms with Gasteiger partial charge in [-0.3, -0.25) is 0 Å². The summed E-state index contributed by atoms with van der Waals surface area (Å²) < 4.78 is 0. The molecule has 0 aromatic heterocycles. The third-order valence-electron chi connectivity index (χ3n) is 12.6. The van der Waals surface area contributed by atoms with Gasteiger partial charge in [0.15, 0.2) is 0 Å². The highest BCUT2D eigenvalue weighted by atomic mass is 15.2. The van der Waals surface area contributed by atoms with Crippen LogP contribution in [-0.4, -0.2) is 13.4 Å². The molecule has 2 radical (unpaired) electrons. The smallest absolute Gasteiger partial charge is 0.108 e. The van der Waals surface area contributed by atoms with Gasteiger partial charge in [-0.2, -0.15) is 0 Å². The van der Waals surface area contributed by atoms with Crippen LogP contribution < -0.4 is 4.90 Å². The second kappa shape index (κ2) is 11.3. The first-order valence-electron chi connectivity index (χ1n) is 18.4. The van der Waals surface area contributed by atoms with Gasteiger partial charge in [-0.25, -0.2) is 0 Å². The Kier molecular flexibility index (Phi) is 6.73. The largest absolute Gasteiger partial charge is 0.330 e. The summed E-state index contributed by atoms with van der Waals surface area (Å²) in [5.74, 6) is 0.0258. The number of hydrogen-bond acceptors (Lipinski definition) is 1. The van der Waals surface area contributed by atoms with Gasteiger partial charge in [0.1, 0.15) is 7.85 Å². The van der Waals surface area contributed by atoms with E-state index in [1.807, 2.05) is 0 Å². The number of rotatable bonds is 4. The average molecular weight is 664 g/mol. The fourth-order valence-electron chi connectivity index (χ4n) is 10.2. The lowest BCUT2D eigenvalue weighted by Crippen LogP contribution is -2.62. The lowest BCUT2D eigenvalue weighted by Gasteiger charge is -2.63. The molecule has 6 aromatic rings. The number of allylic oxidation sites excluding steroid dienone is 5. The van der Waals surface area contributed by atoms with Gasteiger partial charge in [-0.05, 0) is 81.1 Å². The molecule has 2 heteroatoms. The Bertz CT molecular complexity index is 2450. The molecule has 52 heavy (non-hydrogen) atoms. The molecular weight excluding hydrogens is 625 g/mol. The zero-order chi connectivity index (χ0) is 35.1. The minimum absolute atomic E-state index is 0.0258. The maximum absolute atomic E-state index is 7.05. The summed E-state index contributed by atoms with van der Waals surface area (Å²) in [6.07, 6.45) is 9.73. The van der Waals surface area contributed by atoms with E-state index in [2.05, 4.69) is 207 Å². The van der Waals surface area contributed by atoms with E-state index < -0.39 is 16.4 Å².